The highest BCUT2D eigenvalue weighted by Gasteiger charge is 2.25. The molecule has 0 radical (unpaired) electrons. The molecule has 0 bridgehead atoms. The van der Waals surface area contributed by atoms with E-state index in [2.05, 4.69) is 6.92 Å². The number of thioether (sulfide) groups is 1. The van der Waals surface area contributed by atoms with Gasteiger partial charge < -0.3 is 14.4 Å². The van der Waals surface area contributed by atoms with Gasteiger partial charge in [0, 0.05) is 16.7 Å². The minimum atomic E-state index is -0.554. The third-order valence-corrected chi connectivity index (χ3v) is 5.50. The molecule has 8 heteroatoms. The van der Waals surface area contributed by atoms with Crippen molar-refractivity contribution in [2.75, 3.05) is 25.2 Å². The van der Waals surface area contributed by atoms with Crippen LogP contribution in [0.5, 0.6) is 11.5 Å². The summed E-state index contributed by atoms with van der Waals surface area (Å²) in [6.07, 6.45) is 0.855. The highest BCUT2D eigenvalue weighted by Crippen LogP contribution is 2.37. The van der Waals surface area contributed by atoms with Crippen LogP contribution in [0.4, 0.5) is 11.4 Å². The van der Waals surface area contributed by atoms with Crippen LogP contribution in [0.3, 0.4) is 0 Å². The first kappa shape index (κ1) is 19.0. The van der Waals surface area contributed by atoms with Crippen LogP contribution in [0.1, 0.15) is 13.3 Å². The van der Waals surface area contributed by atoms with Gasteiger partial charge in [-0.15, -0.1) is 11.8 Å². The lowest BCUT2D eigenvalue weighted by Crippen LogP contribution is -2.36. The number of nitrogens with zero attached hydrogens (tertiary/aromatic N) is 2. The zero-order valence-electron chi connectivity index (χ0n) is 15.1. The fraction of sp³-hybridized carbons (Fsp3) is 0.316. The van der Waals surface area contributed by atoms with Crippen LogP contribution in [-0.2, 0) is 4.79 Å². The molecule has 0 aromatic heterocycles. The van der Waals surface area contributed by atoms with Crippen molar-refractivity contribution in [3.05, 3.63) is 52.6 Å². The van der Waals surface area contributed by atoms with Crippen LogP contribution >= 0.6 is 11.8 Å². The Labute approximate surface area is 161 Å². The Bertz CT molecular complexity index is 858. The summed E-state index contributed by atoms with van der Waals surface area (Å²) in [4.78, 5) is 26.2. The van der Waals surface area contributed by atoms with Gasteiger partial charge in [0.25, 0.3) is 5.91 Å². The van der Waals surface area contributed by atoms with Crippen LogP contribution in [0.25, 0.3) is 0 Å². The molecule has 1 aliphatic rings. The maximum atomic E-state index is 12.8. The van der Waals surface area contributed by atoms with E-state index in [1.165, 1.54) is 19.2 Å². The molecule has 0 spiro atoms. The van der Waals surface area contributed by atoms with E-state index in [1.54, 1.807) is 22.7 Å². The number of rotatable bonds is 5. The van der Waals surface area contributed by atoms with Crippen molar-refractivity contribution in [3.8, 4) is 11.5 Å². The number of carbonyl (C=O) groups excluding carboxylic acids is 1. The van der Waals surface area contributed by atoms with Gasteiger partial charge in [-0.05, 0) is 30.7 Å². The first-order chi connectivity index (χ1) is 13.0. The van der Waals surface area contributed by atoms with Crippen LogP contribution in [0.15, 0.2) is 47.4 Å². The van der Waals surface area contributed by atoms with Crippen LogP contribution in [-0.4, -0.2) is 36.3 Å². The molecule has 0 fully saturated rings. The van der Waals surface area contributed by atoms with E-state index in [-0.39, 0.29) is 24.0 Å². The van der Waals surface area contributed by atoms with Gasteiger partial charge >= 0.3 is 5.69 Å². The van der Waals surface area contributed by atoms with Gasteiger partial charge in [-0.1, -0.05) is 19.1 Å². The van der Waals surface area contributed by atoms with Crippen LogP contribution in [0, 0.1) is 10.1 Å². The Morgan fingerprint density at radius 1 is 1.33 bits per heavy atom. The van der Waals surface area contributed by atoms with E-state index in [0.29, 0.717) is 17.5 Å². The number of hydrogen-bond donors (Lipinski definition) is 0. The summed E-state index contributed by atoms with van der Waals surface area (Å²) >= 11 is 1.74. The third-order valence-electron chi connectivity index (χ3n) is 4.26. The topological polar surface area (TPSA) is 81.9 Å². The number of nitro benzene ring substituents is 1. The lowest BCUT2D eigenvalue weighted by atomic mass is 10.2. The second-order valence-corrected chi connectivity index (χ2v) is 7.59. The number of benzene rings is 2. The molecule has 0 aliphatic carbocycles. The molecule has 0 saturated carbocycles. The quantitative estimate of drug-likeness (QED) is 0.571. The van der Waals surface area contributed by atoms with E-state index < -0.39 is 4.92 Å². The predicted molar refractivity (Wildman–Crippen MR) is 104 cm³/mol. The summed E-state index contributed by atoms with van der Waals surface area (Å²) in [5.41, 5.74) is 0.618. The summed E-state index contributed by atoms with van der Waals surface area (Å²) in [5, 5.41) is 11.6. The summed E-state index contributed by atoms with van der Waals surface area (Å²) in [7, 11) is 1.43. The molecular weight excluding hydrogens is 368 g/mol. The van der Waals surface area contributed by atoms with Crippen molar-refractivity contribution in [2.24, 2.45) is 0 Å². The summed E-state index contributed by atoms with van der Waals surface area (Å²) < 4.78 is 10.5. The summed E-state index contributed by atoms with van der Waals surface area (Å²) in [6.45, 7) is 2.44. The van der Waals surface area contributed by atoms with Crippen molar-refractivity contribution < 1.29 is 19.2 Å². The lowest BCUT2D eigenvalue weighted by Gasteiger charge is -2.22. The summed E-state index contributed by atoms with van der Waals surface area (Å²) in [6, 6.07) is 12.0. The number of amides is 1. The Morgan fingerprint density at radius 2 is 2.11 bits per heavy atom. The molecule has 0 unspecified atom stereocenters. The van der Waals surface area contributed by atoms with E-state index >= 15 is 0 Å². The van der Waals surface area contributed by atoms with Gasteiger partial charge in [0.15, 0.2) is 12.4 Å². The molecule has 3 rings (SSSR count). The lowest BCUT2D eigenvalue weighted by molar-refractivity contribution is -0.385. The number of fused-ring (bicyclic) bond motifs is 1. The molecule has 142 valence electrons. The highest BCUT2D eigenvalue weighted by molar-refractivity contribution is 8.00. The van der Waals surface area contributed by atoms with Crippen molar-refractivity contribution in [2.45, 2.75) is 23.5 Å². The van der Waals surface area contributed by atoms with E-state index in [9.17, 15) is 14.9 Å². The molecule has 0 saturated heterocycles. The molecule has 1 heterocycles. The number of anilines is 1. The summed E-state index contributed by atoms with van der Waals surface area (Å²) in [5.74, 6) is 0.162. The minimum absolute atomic E-state index is 0.0417. The first-order valence-electron chi connectivity index (χ1n) is 8.51. The zero-order chi connectivity index (χ0) is 19.4. The number of ether oxygens (including phenoxy) is 2. The molecule has 0 N–H and O–H groups in total. The van der Waals surface area contributed by atoms with E-state index in [1.807, 2.05) is 24.3 Å². The van der Waals surface area contributed by atoms with E-state index in [4.69, 9.17) is 9.47 Å². The Balaban J connectivity index is 1.78. The SMILES string of the molecule is COc1ccc(OCC(=O)N2CC[C@H](C)Sc3ccccc32)c([N+](=O)[O-])c1. The zero-order valence-corrected chi connectivity index (χ0v) is 15.9. The smallest absolute Gasteiger partial charge is 0.314 e. The number of hydrogen-bond acceptors (Lipinski definition) is 6. The number of nitro groups is 1. The van der Waals surface area contributed by atoms with Gasteiger partial charge in [-0.3, -0.25) is 14.9 Å². The largest absolute Gasteiger partial charge is 0.496 e. The monoisotopic (exact) mass is 388 g/mol. The Morgan fingerprint density at radius 3 is 2.85 bits per heavy atom. The maximum absolute atomic E-state index is 12.8. The van der Waals surface area contributed by atoms with E-state index in [0.717, 1.165) is 17.0 Å². The van der Waals surface area contributed by atoms with Gasteiger partial charge in [-0.25, -0.2) is 0 Å². The third kappa shape index (κ3) is 4.33. The molecule has 27 heavy (non-hydrogen) atoms. The molecule has 7 nitrogen and oxygen atoms in total. The van der Waals surface area contributed by atoms with Crippen molar-refractivity contribution in [1.82, 2.24) is 0 Å². The second-order valence-electron chi connectivity index (χ2n) is 6.11. The van der Waals surface area contributed by atoms with Gasteiger partial charge in [0.05, 0.1) is 23.8 Å². The van der Waals surface area contributed by atoms with Crippen LogP contribution < -0.4 is 14.4 Å². The highest BCUT2D eigenvalue weighted by atomic mass is 32.2. The molecule has 2 aromatic rings. The fourth-order valence-corrected chi connectivity index (χ4v) is 3.97. The van der Waals surface area contributed by atoms with Crippen molar-refractivity contribution >= 4 is 29.0 Å². The maximum Gasteiger partial charge on any atom is 0.314 e. The standard InChI is InChI=1S/C19H20N2O5S/c1-13-9-10-20(15-5-3-4-6-18(15)27-13)19(22)12-26-17-8-7-14(25-2)11-16(17)21(23)24/h3-8,11,13H,9-10,12H2,1-2H3/t13-/m0/s1. The molecule has 2 aromatic carbocycles. The Hall–Kier alpha value is -2.74. The molecule has 1 amide bonds. The predicted octanol–water partition coefficient (Wildman–Crippen LogP) is 3.90. The number of para-hydroxylation sites is 1. The minimum Gasteiger partial charge on any atom is -0.496 e. The molecule has 1 atom stereocenters. The van der Waals surface area contributed by atoms with Gasteiger partial charge in [0.2, 0.25) is 0 Å². The second kappa shape index (κ2) is 8.30. The van der Waals surface area contributed by atoms with Crippen LogP contribution in [0.2, 0.25) is 0 Å². The first-order valence-corrected chi connectivity index (χ1v) is 9.39. The van der Waals surface area contributed by atoms with Crippen molar-refractivity contribution in [1.29, 1.82) is 0 Å². The average molecular weight is 388 g/mol. The van der Waals surface area contributed by atoms with Gasteiger partial charge in [-0.2, -0.15) is 0 Å². The molecule has 1 aliphatic heterocycles. The normalized spacial score (nSPS) is 16.2. The number of methoxy groups -OCH3 is 1. The van der Waals surface area contributed by atoms with Gasteiger partial charge in [0.1, 0.15) is 5.75 Å². The molecular formula is C19H20N2O5S. The number of carbonyl (C=O) groups is 1. The Kier molecular flexibility index (Phi) is 5.85. The van der Waals surface area contributed by atoms with Crippen molar-refractivity contribution in [3.63, 3.8) is 0 Å². The fourth-order valence-electron chi connectivity index (χ4n) is 2.85. The average Bonchev–Trinajstić information content (AvgIpc) is 2.84.